The van der Waals surface area contributed by atoms with Crippen LogP contribution in [0.15, 0.2) is 81.8 Å². The van der Waals surface area contributed by atoms with Gasteiger partial charge in [-0.3, -0.25) is 19.4 Å². The topological polar surface area (TPSA) is 85.5 Å². The van der Waals surface area contributed by atoms with Crippen LogP contribution in [-0.4, -0.2) is 37.6 Å². The van der Waals surface area contributed by atoms with E-state index in [9.17, 15) is 14.4 Å². The van der Waals surface area contributed by atoms with Gasteiger partial charge in [-0.25, -0.2) is 0 Å². The molecule has 4 heterocycles. The number of nitrogens with one attached hydrogen (secondary N) is 1. The molecule has 8 heteroatoms. The van der Waals surface area contributed by atoms with Gasteiger partial charge in [0.25, 0.3) is 5.91 Å². The first-order valence-electron chi connectivity index (χ1n) is 13.5. The molecule has 3 atom stereocenters. The maximum Gasteiger partial charge on any atom is 0.272 e. The molecule has 3 unspecified atom stereocenters. The molecule has 0 bridgehead atoms. The molecule has 0 radical (unpaired) electrons. The molecule has 1 amide bonds. The lowest BCUT2D eigenvalue weighted by molar-refractivity contribution is -0.110. The molecular weight excluding hydrogens is 520 g/mol. The fourth-order valence-electron chi connectivity index (χ4n) is 7.04. The fourth-order valence-corrected chi connectivity index (χ4v) is 8.58. The molecule has 2 aromatic carbocycles. The number of hydrogen-bond donors (Lipinski definition) is 1. The summed E-state index contributed by atoms with van der Waals surface area (Å²) >= 11 is 1.63. The summed E-state index contributed by atoms with van der Waals surface area (Å²) < 4.78 is 3.83. The van der Waals surface area contributed by atoms with Gasteiger partial charge in [0.15, 0.2) is 11.6 Å². The molecule has 4 aromatic rings. The third-order valence-electron chi connectivity index (χ3n) is 9.09. The number of amides is 1. The molecule has 1 spiro atoms. The molecule has 0 saturated heterocycles. The van der Waals surface area contributed by atoms with Crippen molar-refractivity contribution in [2.75, 3.05) is 5.32 Å². The van der Waals surface area contributed by atoms with Crippen molar-refractivity contribution in [2.45, 2.75) is 25.0 Å². The molecule has 1 saturated carbocycles. The quantitative estimate of drug-likeness (QED) is 0.327. The van der Waals surface area contributed by atoms with Crippen molar-refractivity contribution in [2.24, 2.45) is 30.4 Å². The number of aromatic nitrogens is 2. The highest BCUT2D eigenvalue weighted by Gasteiger charge is 2.71. The van der Waals surface area contributed by atoms with E-state index in [0.717, 1.165) is 45.1 Å². The normalized spacial score (nSPS) is 24.6. The number of para-hydroxylation sites is 1. The molecule has 2 aliphatic heterocycles. The van der Waals surface area contributed by atoms with Crippen molar-refractivity contribution < 1.29 is 14.4 Å². The number of allylic oxidation sites excluding steroid dienone is 3. The number of thioether (sulfide) groups is 1. The van der Waals surface area contributed by atoms with Gasteiger partial charge in [0.1, 0.15) is 11.1 Å². The lowest BCUT2D eigenvalue weighted by atomic mass is 9.75. The van der Waals surface area contributed by atoms with E-state index >= 15 is 0 Å². The van der Waals surface area contributed by atoms with Crippen LogP contribution in [0.25, 0.3) is 21.8 Å². The van der Waals surface area contributed by atoms with Gasteiger partial charge in [0, 0.05) is 65.0 Å². The van der Waals surface area contributed by atoms with Crippen LogP contribution in [-0.2, 0) is 18.9 Å². The maximum atomic E-state index is 13.9. The number of carbonyl (C=O) groups excluding carboxylic acids is 3. The Morgan fingerprint density at radius 1 is 0.975 bits per heavy atom. The van der Waals surface area contributed by atoms with E-state index in [-0.39, 0.29) is 28.6 Å². The molecule has 4 aliphatic rings. The number of hydrogen-bond acceptors (Lipinski definition) is 5. The second-order valence-electron chi connectivity index (χ2n) is 11.3. The predicted molar refractivity (Wildman–Crippen MR) is 158 cm³/mol. The van der Waals surface area contributed by atoms with E-state index in [1.54, 1.807) is 18.0 Å². The average Bonchev–Trinajstić information content (AvgIpc) is 3.49. The van der Waals surface area contributed by atoms with E-state index in [1.807, 2.05) is 77.8 Å². The zero-order valence-electron chi connectivity index (χ0n) is 22.3. The lowest BCUT2D eigenvalue weighted by Gasteiger charge is -2.27. The number of ketones is 2. The van der Waals surface area contributed by atoms with Crippen LogP contribution in [0.2, 0.25) is 0 Å². The van der Waals surface area contributed by atoms with Crippen molar-refractivity contribution in [1.82, 2.24) is 9.13 Å². The van der Waals surface area contributed by atoms with Crippen molar-refractivity contribution in [3.8, 4) is 0 Å². The number of rotatable bonds is 4. The minimum Gasteiger partial charge on any atom is -0.341 e. The summed E-state index contributed by atoms with van der Waals surface area (Å²) in [6, 6.07) is 17.4. The zero-order valence-corrected chi connectivity index (χ0v) is 23.1. The predicted octanol–water partition coefficient (Wildman–Crippen LogP) is 5.81. The second kappa shape index (κ2) is 7.95. The molecule has 1 N–H and O–H groups in total. The molecule has 7 nitrogen and oxygen atoms in total. The van der Waals surface area contributed by atoms with Gasteiger partial charge in [-0.15, -0.1) is 11.8 Å². The highest BCUT2D eigenvalue weighted by atomic mass is 32.2. The Bertz CT molecular complexity index is 1970. The van der Waals surface area contributed by atoms with Crippen LogP contribution in [0.4, 0.5) is 5.69 Å². The number of nitrogens with zero attached hydrogens (tertiary/aromatic N) is 3. The monoisotopic (exact) mass is 546 g/mol. The Kier molecular flexibility index (Phi) is 4.71. The Morgan fingerprint density at radius 3 is 2.52 bits per heavy atom. The van der Waals surface area contributed by atoms with Crippen molar-refractivity contribution >= 4 is 62.4 Å². The Hall–Kier alpha value is -4.17. The minimum absolute atomic E-state index is 0.0679. The van der Waals surface area contributed by atoms with Crippen molar-refractivity contribution in [1.29, 1.82) is 0 Å². The van der Waals surface area contributed by atoms with Crippen molar-refractivity contribution in [3.63, 3.8) is 0 Å². The lowest BCUT2D eigenvalue weighted by Crippen LogP contribution is -2.31. The zero-order chi connectivity index (χ0) is 27.5. The van der Waals surface area contributed by atoms with Gasteiger partial charge in [-0.2, -0.15) is 0 Å². The number of carbonyl (C=O) groups is 3. The molecule has 2 aliphatic carbocycles. The average molecular weight is 547 g/mol. The fraction of sp³-hybridized carbons (Fsp3) is 0.250. The van der Waals surface area contributed by atoms with Gasteiger partial charge in [0.2, 0.25) is 0 Å². The van der Waals surface area contributed by atoms with Crippen LogP contribution in [0.5, 0.6) is 0 Å². The summed E-state index contributed by atoms with van der Waals surface area (Å²) in [6.07, 6.45) is 3.17. The third kappa shape index (κ3) is 2.97. The molecular formula is C32H26N4O3S. The molecule has 2 aromatic heterocycles. The molecule has 198 valence electrons. The van der Waals surface area contributed by atoms with E-state index in [4.69, 9.17) is 0 Å². The Labute approximate surface area is 234 Å². The first-order chi connectivity index (χ1) is 19.3. The Balaban J connectivity index is 1.06. The number of Topliss-reactive ketones (excluding diaryl/α,β-unsaturated/α-hetero) is 2. The Morgan fingerprint density at radius 2 is 1.73 bits per heavy atom. The largest absolute Gasteiger partial charge is 0.341 e. The van der Waals surface area contributed by atoms with Gasteiger partial charge in [-0.05, 0) is 59.7 Å². The summed E-state index contributed by atoms with van der Waals surface area (Å²) in [7, 11) is 3.80. The van der Waals surface area contributed by atoms with Crippen LogP contribution in [0.1, 0.15) is 40.7 Å². The number of benzene rings is 2. The number of anilines is 1. The summed E-state index contributed by atoms with van der Waals surface area (Å²) in [4.78, 5) is 45.6. The van der Waals surface area contributed by atoms with Gasteiger partial charge in [-0.1, -0.05) is 25.1 Å². The first kappa shape index (κ1) is 23.7. The van der Waals surface area contributed by atoms with Crippen LogP contribution >= 0.6 is 11.8 Å². The van der Waals surface area contributed by atoms with Gasteiger partial charge in [0.05, 0.1) is 10.9 Å². The number of aryl methyl sites for hydroxylation is 2. The SMILES string of the molecule is CC1CC2=C(CC(C(=O)c3cc4cc(NC(=O)c5cc6ccccc6n5C)ccc4n3C)S2)C23C(=O)C2=CN=C13. The number of fused-ring (bicyclic) bond motifs is 2. The smallest absolute Gasteiger partial charge is 0.272 e. The van der Waals surface area contributed by atoms with Crippen molar-refractivity contribution in [3.05, 3.63) is 88.2 Å². The summed E-state index contributed by atoms with van der Waals surface area (Å²) in [5.74, 6) is 0.266. The first-order valence-corrected chi connectivity index (χ1v) is 14.4. The minimum atomic E-state index is -0.620. The third-order valence-corrected chi connectivity index (χ3v) is 10.5. The second-order valence-corrected chi connectivity index (χ2v) is 12.6. The summed E-state index contributed by atoms with van der Waals surface area (Å²) in [5.41, 5.74) is 6.08. The maximum absolute atomic E-state index is 13.9. The van der Waals surface area contributed by atoms with Gasteiger partial charge < -0.3 is 14.5 Å². The summed E-state index contributed by atoms with van der Waals surface area (Å²) in [5, 5.41) is 4.67. The van der Waals surface area contributed by atoms with E-state index in [1.165, 1.54) is 4.91 Å². The summed E-state index contributed by atoms with van der Waals surface area (Å²) in [6.45, 7) is 2.13. The van der Waals surface area contributed by atoms with E-state index < -0.39 is 5.41 Å². The standard InChI is InChI=1S/C32H26N4O3S/c1-16-10-26-20(32-21(30(32)38)15-33-29(16)32)14-27(40-26)28(37)24-13-18-11-19(8-9-23(18)35(24)2)34-31(39)25-12-17-6-4-5-7-22(17)36(25)3/h4-9,11-13,15-16,27H,10,14H2,1-3H3,(H,34,39). The highest BCUT2D eigenvalue weighted by Crippen LogP contribution is 2.67. The molecule has 1 fully saturated rings. The molecule has 40 heavy (non-hydrogen) atoms. The van der Waals surface area contributed by atoms with Gasteiger partial charge >= 0.3 is 0 Å². The van der Waals surface area contributed by atoms with Crippen LogP contribution in [0.3, 0.4) is 0 Å². The van der Waals surface area contributed by atoms with Crippen LogP contribution < -0.4 is 5.32 Å². The van der Waals surface area contributed by atoms with E-state index in [0.29, 0.717) is 23.5 Å². The highest BCUT2D eigenvalue weighted by molar-refractivity contribution is 8.04. The van der Waals surface area contributed by atoms with Crippen LogP contribution in [0, 0.1) is 11.3 Å². The van der Waals surface area contributed by atoms with E-state index in [2.05, 4.69) is 17.2 Å². The number of aliphatic imine (C=N–C) groups is 1. The molecule has 8 rings (SSSR count).